The van der Waals surface area contributed by atoms with Gasteiger partial charge in [0.25, 0.3) is 0 Å². The predicted octanol–water partition coefficient (Wildman–Crippen LogP) is 5.29. The molecule has 6 heteroatoms. The molecule has 3 aromatic rings. The lowest BCUT2D eigenvalue weighted by Gasteiger charge is -2.22. The Balaban J connectivity index is 1.80. The van der Waals surface area contributed by atoms with E-state index < -0.39 is 0 Å². The molecule has 0 saturated carbocycles. The van der Waals surface area contributed by atoms with Crippen molar-refractivity contribution in [1.82, 2.24) is 9.99 Å². The summed E-state index contributed by atoms with van der Waals surface area (Å²) in [6.45, 7) is 3.89. The number of benzene rings is 2. The molecule has 1 aliphatic heterocycles. The van der Waals surface area contributed by atoms with Gasteiger partial charge in [0.2, 0.25) is 5.91 Å². The molecule has 0 aliphatic carbocycles. The molecular weight excluding hydrogens is 386 g/mol. The van der Waals surface area contributed by atoms with Gasteiger partial charge in [-0.25, -0.2) is 9.99 Å². The molecular formula is C23H22ClN3O2. The van der Waals surface area contributed by atoms with Gasteiger partial charge in [-0.15, -0.1) is 0 Å². The molecule has 4 rings (SSSR count). The first-order valence-corrected chi connectivity index (χ1v) is 9.99. The summed E-state index contributed by atoms with van der Waals surface area (Å²) in [4.78, 5) is 17.2. The Morgan fingerprint density at radius 2 is 2.03 bits per heavy atom. The fourth-order valence-electron chi connectivity index (χ4n) is 3.71. The number of aromatic nitrogens is 1. The van der Waals surface area contributed by atoms with E-state index in [1.807, 2.05) is 62.4 Å². The van der Waals surface area contributed by atoms with Crippen LogP contribution < -0.4 is 4.74 Å². The topological polar surface area (TPSA) is 54.8 Å². The van der Waals surface area contributed by atoms with Crippen molar-refractivity contribution in [3.05, 3.63) is 70.4 Å². The predicted molar refractivity (Wildman–Crippen MR) is 116 cm³/mol. The van der Waals surface area contributed by atoms with Crippen molar-refractivity contribution in [3.8, 4) is 5.75 Å². The number of hydrazone groups is 1. The fourth-order valence-corrected chi connectivity index (χ4v) is 3.98. The average molecular weight is 408 g/mol. The van der Waals surface area contributed by atoms with Gasteiger partial charge in [-0.05, 0) is 36.8 Å². The zero-order valence-electron chi connectivity index (χ0n) is 16.6. The van der Waals surface area contributed by atoms with Gasteiger partial charge in [0.05, 0.1) is 24.4 Å². The summed E-state index contributed by atoms with van der Waals surface area (Å²) >= 11 is 6.56. The minimum atomic E-state index is -0.285. The summed E-state index contributed by atoms with van der Waals surface area (Å²) in [6.07, 6.45) is 0.959. The number of hydrogen-bond acceptors (Lipinski definition) is 4. The Morgan fingerprint density at radius 1 is 1.24 bits per heavy atom. The minimum Gasteiger partial charge on any atom is -0.497 e. The van der Waals surface area contributed by atoms with E-state index in [2.05, 4.69) is 4.98 Å². The largest absolute Gasteiger partial charge is 0.497 e. The Bertz CT molecular complexity index is 1130. The smallest absolute Gasteiger partial charge is 0.242 e. The third kappa shape index (κ3) is 3.58. The van der Waals surface area contributed by atoms with Crippen LogP contribution in [-0.2, 0) is 4.79 Å². The Labute approximate surface area is 175 Å². The number of carbonyl (C=O) groups is 1. The number of rotatable bonds is 4. The summed E-state index contributed by atoms with van der Waals surface area (Å²) in [5.41, 5.74) is 4.64. The van der Waals surface area contributed by atoms with Gasteiger partial charge in [0, 0.05) is 29.4 Å². The third-order valence-corrected chi connectivity index (χ3v) is 5.59. The van der Waals surface area contributed by atoms with Crippen LogP contribution in [0.15, 0.2) is 53.6 Å². The van der Waals surface area contributed by atoms with E-state index in [1.165, 1.54) is 0 Å². The van der Waals surface area contributed by atoms with Gasteiger partial charge in [-0.2, -0.15) is 5.10 Å². The van der Waals surface area contributed by atoms with Crippen molar-refractivity contribution >= 4 is 34.1 Å². The lowest BCUT2D eigenvalue weighted by Crippen LogP contribution is -2.26. The molecule has 29 heavy (non-hydrogen) atoms. The molecule has 0 N–H and O–H groups in total. The highest BCUT2D eigenvalue weighted by molar-refractivity contribution is 6.30. The first kappa shape index (κ1) is 19.4. The highest BCUT2D eigenvalue weighted by atomic mass is 35.5. The SMILES string of the molecule is CCC(=O)N1N=C(c2ccccc2C)C[C@@H]1c1cc2cc(OC)ccc2nc1Cl. The number of fused-ring (bicyclic) bond motifs is 1. The highest BCUT2D eigenvalue weighted by Crippen LogP contribution is 2.38. The summed E-state index contributed by atoms with van der Waals surface area (Å²) in [6, 6.07) is 15.4. The van der Waals surface area contributed by atoms with Gasteiger partial charge in [-0.1, -0.05) is 42.8 Å². The number of ether oxygens (including phenoxy) is 1. The monoisotopic (exact) mass is 407 g/mol. The fraction of sp³-hybridized carbons (Fsp3) is 0.261. The van der Waals surface area contributed by atoms with Crippen molar-refractivity contribution in [3.63, 3.8) is 0 Å². The molecule has 2 aromatic carbocycles. The van der Waals surface area contributed by atoms with Crippen LogP contribution >= 0.6 is 11.6 Å². The van der Waals surface area contributed by atoms with E-state index in [9.17, 15) is 4.79 Å². The third-order valence-electron chi connectivity index (χ3n) is 5.29. The lowest BCUT2D eigenvalue weighted by atomic mass is 9.96. The molecule has 1 aromatic heterocycles. The second kappa shape index (κ2) is 7.84. The summed E-state index contributed by atoms with van der Waals surface area (Å²) in [5, 5.41) is 7.56. The normalized spacial score (nSPS) is 16.2. The molecule has 0 fully saturated rings. The zero-order chi connectivity index (χ0) is 20.5. The van der Waals surface area contributed by atoms with Crippen molar-refractivity contribution in [2.24, 2.45) is 5.10 Å². The molecule has 1 atom stereocenters. The molecule has 1 aliphatic rings. The van der Waals surface area contributed by atoms with E-state index in [1.54, 1.807) is 12.1 Å². The van der Waals surface area contributed by atoms with Crippen LogP contribution in [0.5, 0.6) is 5.75 Å². The van der Waals surface area contributed by atoms with Crippen LogP contribution in [0.4, 0.5) is 0 Å². The molecule has 0 bridgehead atoms. The number of nitrogens with zero attached hydrogens (tertiary/aromatic N) is 3. The highest BCUT2D eigenvalue weighted by Gasteiger charge is 2.34. The van der Waals surface area contributed by atoms with Crippen LogP contribution in [0.2, 0.25) is 5.15 Å². The van der Waals surface area contributed by atoms with Crippen molar-refractivity contribution in [2.75, 3.05) is 7.11 Å². The zero-order valence-corrected chi connectivity index (χ0v) is 17.4. The van der Waals surface area contributed by atoms with Gasteiger partial charge in [-0.3, -0.25) is 4.79 Å². The van der Waals surface area contributed by atoms with Crippen LogP contribution in [0.1, 0.15) is 42.5 Å². The number of halogens is 1. The number of hydrogen-bond donors (Lipinski definition) is 0. The van der Waals surface area contributed by atoms with Crippen LogP contribution in [0, 0.1) is 6.92 Å². The molecule has 2 heterocycles. The van der Waals surface area contributed by atoms with Gasteiger partial charge < -0.3 is 4.74 Å². The number of carbonyl (C=O) groups excluding carboxylic acids is 1. The Kier molecular flexibility index (Phi) is 5.24. The number of aryl methyl sites for hydroxylation is 1. The van der Waals surface area contributed by atoms with Crippen molar-refractivity contribution in [2.45, 2.75) is 32.7 Å². The maximum atomic E-state index is 12.7. The first-order chi connectivity index (χ1) is 14.0. The quantitative estimate of drug-likeness (QED) is 0.552. The first-order valence-electron chi connectivity index (χ1n) is 9.61. The Morgan fingerprint density at radius 3 is 2.76 bits per heavy atom. The van der Waals surface area contributed by atoms with Crippen LogP contribution in [-0.4, -0.2) is 28.7 Å². The summed E-state index contributed by atoms with van der Waals surface area (Å²) < 4.78 is 5.33. The maximum Gasteiger partial charge on any atom is 0.242 e. The second-order valence-corrected chi connectivity index (χ2v) is 7.46. The number of methoxy groups -OCH3 is 1. The number of pyridine rings is 1. The van der Waals surface area contributed by atoms with Gasteiger partial charge in [0.1, 0.15) is 10.9 Å². The van der Waals surface area contributed by atoms with Crippen LogP contribution in [0.25, 0.3) is 10.9 Å². The lowest BCUT2D eigenvalue weighted by molar-refractivity contribution is -0.132. The molecule has 1 amide bonds. The van der Waals surface area contributed by atoms with Crippen LogP contribution in [0.3, 0.4) is 0 Å². The van der Waals surface area contributed by atoms with E-state index >= 15 is 0 Å². The van der Waals surface area contributed by atoms with E-state index in [4.69, 9.17) is 21.4 Å². The van der Waals surface area contributed by atoms with Gasteiger partial charge in [0.15, 0.2) is 0 Å². The molecule has 0 radical (unpaired) electrons. The standard InChI is InChI=1S/C23H22ClN3O2/c1-4-22(28)27-21(13-20(26-27)17-8-6-5-7-14(17)2)18-12-15-11-16(29-3)9-10-19(15)25-23(18)24/h5-12,21H,4,13H2,1-3H3/t21-/m1/s1. The van der Waals surface area contributed by atoms with Gasteiger partial charge >= 0.3 is 0 Å². The molecule has 0 saturated heterocycles. The van der Waals surface area contributed by atoms with E-state index in [0.717, 1.165) is 39.1 Å². The maximum absolute atomic E-state index is 12.7. The second-order valence-electron chi connectivity index (χ2n) is 7.10. The molecule has 0 unspecified atom stereocenters. The molecule has 0 spiro atoms. The Hall–Kier alpha value is -2.92. The molecule has 5 nitrogen and oxygen atoms in total. The van der Waals surface area contributed by atoms with E-state index in [0.29, 0.717) is 18.0 Å². The minimum absolute atomic E-state index is 0.0413. The summed E-state index contributed by atoms with van der Waals surface area (Å²) in [5.74, 6) is 0.706. The summed E-state index contributed by atoms with van der Waals surface area (Å²) in [7, 11) is 1.63. The molecule has 148 valence electrons. The van der Waals surface area contributed by atoms with Crippen molar-refractivity contribution in [1.29, 1.82) is 0 Å². The number of amides is 1. The average Bonchev–Trinajstić information content (AvgIpc) is 3.17. The van der Waals surface area contributed by atoms with E-state index in [-0.39, 0.29) is 11.9 Å². The van der Waals surface area contributed by atoms with Crippen molar-refractivity contribution < 1.29 is 9.53 Å².